The summed E-state index contributed by atoms with van der Waals surface area (Å²) in [6, 6.07) is 16.9. The monoisotopic (exact) mass is 379 g/mol. The van der Waals surface area contributed by atoms with Gasteiger partial charge in [0.2, 0.25) is 0 Å². The second-order valence-electron chi connectivity index (χ2n) is 8.28. The summed E-state index contributed by atoms with van der Waals surface area (Å²) < 4.78 is 5.40. The fraction of sp³-hybridized carbons (Fsp3) is 0.192. The molecule has 29 heavy (non-hydrogen) atoms. The highest BCUT2D eigenvalue weighted by molar-refractivity contribution is 6.20. The molecule has 4 aromatic carbocycles. The number of rotatable bonds is 1. The van der Waals surface area contributed by atoms with Crippen LogP contribution in [0.25, 0.3) is 43.2 Å². The normalized spacial score (nSPS) is 16.1. The van der Waals surface area contributed by atoms with E-state index < -0.39 is 0 Å². The molecule has 0 saturated carbocycles. The molecular formula is C26H21NO2. The minimum Gasteiger partial charge on any atom is -0.504 e. The fourth-order valence-corrected chi connectivity index (χ4v) is 5.21. The van der Waals surface area contributed by atoms with Crippen molar-refractivity contribution in [3.05, 3.63) is 65.9 Å². The summed E-state index contributed by atoms with van der Waals surface area (Å²) in [5.74, 6) is 1.29. The third-order valence-electron chi connectivity index (χ3n) is 6.42. The zero-order valence-electron chi connectivity index (χ0n) is 16.5. The van der Waals surface area contributed by atoms with Crippen molar-refractivity contribution in [3.63, 3.8) is 0 Å². The van der Waals surface area contributed by atoms with Crippen molar-refractivity contribution < 1.29 is 9.84 Å². The predicted octanol–water partition coefficient (Wildman–Crippen LogP) is 6.14. The standard InChI is InChI=1S/C26H21NO2/c1-14-9-17-12-19-18-6-4-3-5-16(18)13-27-25(19)21-11-15-7-8-22(29-2)26(28)24(15)20(10-14)23(17)21/h3-8,11-14,28H,9-10H2,1-2H3. The Bertz CT molecular complexity index is 1470. The summed E-state index contributed by atoms with van der Waals surface area (Å²) in [5.41, 5.74) is 3.61. The Morgan fingerprint density at radius 1 is 0.931 bits per heavy atom. The van der Waals surface area contributed by atoms with Gasteiger partial charge in [-0.05, 0) is 64.2 Å². The zero-order chi connectivity index (χ0) is 19.7. The number of aromatic nitrogens is 1. The lowest BCUT2D eigenvalue weighted by atomic mass is 9.79. The van der Waals surface area contributed by atoms with Crippen LogP contribution in [0.3, 0.4) is 0 Å². The first kappa shape index (κ1) is 16.6. The summed E-state index contributed by atoms with van der Waals surface area (Å²) in [4.78, 5) is 4.87. The molecule has 0 saturated heterocycles. The molecular weight excluding hydrogens is 358 g/mol. The number of hydrogen-bond acceptors (Lipinski definition) is 3. The van der Waals surface area contributed by atoms with Crippen molar-refractivity contribution in [1.29, 1.82) is 0 Å². The molecule has 0 spiro atoms. The Kier molecular flexibility index (Phi) is 3.34. The molecule has 0 amide bonds. The van der Waals surface area contributed by atoms with E-state index in [4.69, 9.17) is 9.72 Å². The number of ether oxygens (including phenoxy) is 1. The van der Waals surface area contributed by atoms with E-state index in [-0.39, 0.29) is 5.75 Å². The zero-order valence-corrected chi connectivity index (χ0v) is 16.5. The molecule has 6 rings (SSSR count). The predicted molar refractivity (Wildman–Crippen MR) is 119 cm³/mol. The highest BCUT2D eigenvalue weighted by Gasteiger charge is 2.24. The Hall–Kier alpha value is -3.33. The number of hydrogen-bond donors (Lipinski definition) is 1. The van der Waals surface area contributed by atoms with Gasteiger partial charge in [0, 0.05) is 27.7 Å². The molecule has 1 N–H and O–H groups in total. The summed E-state index contributed by atoms with van der Waals surface area (Å²) in [7, 11) is 1.60. The lowest BCUT2D eigenvalue weighted by molar-refractivity contribution is 0.376. The quantitative estimate of drug-likeness (QED) is 0.281. The maximum absolute atomic E-state index is 10.9. The van der Waals surface area contributed by atoms with E-state index in [2.05, 4.69) is 43.3 Å². The van der Waals surface area contributed by atoms with Crippen molar-refractivity contribution in [2.75, 3.05) is 7.11 Å². The minimum atomic E-state index is 0.244. The maximum Gasteiger partial charge on any atom is 0.165 e. The molecule has 0 aliphatic heterocycles. The molecule has 1 heterocycles. The lowest BCUT2D eigenvalue weighted by Crippen LogP contribution is -2.12. The second kappa shape index (κ2) is 5.84. The van der Waals surface area contributed by atoms with Crippen LogP contribution >= 0.6 is 0 Å². The summed E-state index contributed by atoms with van der Waals surface area (Å²) >= 11 is 0. The number of fused-ring (bicyclic) bond motifs is 6. The SMILES string of the molecule is COc1ccc2cc3c4c(cc5c6ccccc6cnc35)CC(C)Cc4c2c1O. The Morgan fingerprint density at radius 2 is 1.79 bits per heavy atom. The number of pyridine rings is 1. The maximum atomic E-state index is 10.9. The van der Waals surface area contributed by atoms with Gasteiger partial charge in [-0.15, -0.1) is 0 Å². The third kappa shape index (κ3) is 2.21. The van der Waals surface area contributed by atoms with Crippen molar-refractivity contribution in [2.24, 2.45) is 5.92 Å². The van der Waals surface area contributed by atoms with Gasteiger partial charge in [0.05, 0.1) is 12.6 Å². The Morgan fingerprint density at radius 3 is 2.66 bits per heavy atom. The van der Waals surface area contributed by atoms with Crippen molar-refractivity contribution in [3.8, 4) is 11.5 Å². The molecule has 0 bridgehead atoms. The lowest BCUT2D eigenvalue weighted by Gasteiger charge is -2.26. The van der Waals surface area contributed by atoms with Gasteiger partial charge in [0.1, 0.15) is 0 Å². The average molecular weight is 379 g/mol. The van der Waals surface area contributed by atoms with Crippen LogP contribution < -0.4 is 4.74 Å². The van der Waals surface area contributed by atoms with E-state index in [0.29, 0.717) is 11.7 Å². The van der Waals surface area contributed by atoms with Crippen molar-refractivity contribution in [1.82, 2.24) is 4.98 Å². The van der Waals surface area contributed by atoms with Crippen LogP contribution in [0.1, 0.15) is 18.1 Å². The molecule has 1 aliphatic rings. The number of methoxy groups -OCH3 is 1. The van der Waals surface area contributed by atoms with Gasteiger partial charge in [-0.3, -0.25) is 4.98 Å². The molecule has 1 aliphatic carbocycles. The van der Waals surface area contributed by atoms with Gasteiger partial charge in [-0.1, -0.05) is 37.3 Å². The molecule has 0 fully saturated rings. The van der Waals surface area contributed by atoms with Crippen LogP contribution in [0, 0.1) is 5.92 Å². The third-order valence-corrected chi connectivity index (χ3v) is 6.42. The van der Waals surface area contributed by atoms with Crippen LogP contribution in [0.15, 0.2) is 54.7 Å². The molecule has 3 heteroatoms. The first-order valence-corrected chi connectivity index (χ1v) is 10.1. The number of phenolic OH excluding ortho intramolecular Hbond substituents is 1. The molecule has 5 aromatic rings. The van der Waals surface area contributed by atoms with Crippen LogP contribution in [-0.2, 0) is 12.8 Å². The van der Waals surface area contributed by atoms with Gasteiger partial charge in [0.15, 0.2) is 11.5 Å². The highest BCUT2D eigenvalue weighted by Crippen LogP contribution is 2.46. The molecule has 1 aromatic heterocycles. The van der Waals surface area contributed by atoms with Gasteiger partial charge < -0.3 is 9.84 Å². The number of nitrogens with zero attached hydrogens (tertiary/aromatic N) is 1. The first-order chi connectivity index (χ1) is 14.2. The number of benzene rings is 4. The topological polar surface area (TPSA) is 42.4 Å². The average Bonchev–Trinajstić information content (AvgIpc) is 2.73. The minimum absolute atomic E-state index is 0.244. The van der Waals surface area contributed by atoms with Crippen molar-refractivity contribution in [2.45, 2.75) is 19.8 Å². The molecule has 0 radical (unpaired) electrons. The highest BCUT2D eigenvalue weighted by atomic mass is 16.5. The molecule has 142 valence electrons. The van der Waals surface area contributed by atoms with E-state index in [0.717, 1.165) is 29.1 Å². The van der Waals surface area contributed by atoms with Gasteiger partial charge in [0.25, 0.3) is 0 Å². The molecule has 1 atom stereocenters. The summed E-state index contributed by atoms with van der Waals surface area (Å²) in [5, 5.41) is 19.0. The van der Waals surface area contributed by atoms with E-state index in [1.54, 1.807) is 7.11 Å². The molecule has 3 nitrogen and oxygen atoms in total. The number of phenols is 1. The van der Waals surface area contributed by atoms with E-state index in [9.17, 15) is 5.11 Å². The summed E-state index contributed by atoms with van der Waals surface area (Å²) in [6.45, 7) is 2.29. The van der Waals surface area contributed by atoms with Gasteiger partial charge >= 0.3 is 0 Å². The largest absolute Gasteiger partial charge is 0.504 e. The smallest absolute Gasteiger partial charge is 0.165 e. The van der Waals surface area contributed by atoms with E-state index in [1.807, 2.05) is 18.3 Å². The van der Waals surface area contributed by atoms with Gasteiger partial charge in [-0.2, -0.15) is 0 Å². The number of aromatic hydroxyl groups is 1. The molecule has 1 unspecified atom stereocenters. The van der Waals surface area contributed by atoms with Crippen LogP contribution in [0.2, 0.25) is 0 Å². The first-order valence-electron chi connectivity index (χ1n) is 10.1. The Balaban J connectivity index is 1.87. The van der Waals surface area contributed by atoms with Crippen LogP contribution in [0.4, 0.5) is 0 Å². The van der Waals surface area contributed by atoms with E-state index in [1.165, 1.54) is 38.1 Å². The van der Waals surface area contributed by atoms with Crippen LogP contribution in [-0.4, -0.2) is 17.2 Å². The Labute approximate surface area is 168 Å². The van der Waals surface area contributed by atoms with Crippen molar-refractivity contribution >= 4 is 43.2 Å². The van der Waals surface area contributed by atoms with Crippen LogP contribution in [0.5, 0.6) is 11.5 Å². The fourth-order valence-electron chi connectivity index (χ4n) is 5.21. The second-order valence-corrected chi connectivity index (χ2v) is 8.28. The van der Waals surface area contributed by atoms with Gasteiger partial charge in [-0.25, -0.2) is 0 Å². The summed E-state index contributed by atoms with van der Waals surface area (Å²) in [6.07, 6.45) is 3.96. The van der Waals surface area contributed by atoms with E-state index >= 15 is 0 Å².